The van der Waals surface area contributed by atoms with Gasteiger partial charge >= 0.3 is 11.9 Å². The Bertz CT molecular complexity index is 680. The van der Waals surface area contributed by atoms with Crippen LogP contribution in [0.15, 0.2) is 0 Å². The molecule has 0 saturated heterocycles. The molecule has 5 heteroatoms. The van der Waals surface area contributed by atoms with E-state index in [2.05, 4.69) is 13.8 Å². The van der Waals surface area contributed by atoms with Crippen molar-refractivity contribution in [2.75, 3.05) is 13.2 Å². The van der Waals surface area contributed by atoms with E-state index < -0.39 is 6.10 Å². The van der Waals surface area contributed by atoms with Crippen molar-refractivity contribution in [1.82, 2.24) is 0 Å². The van der Waals surface area contributed by atoms with Gasteiger partial charge in [-0.25, -0.2) is 0 Å². The Morgan fingerprint density at radius 3 is 0.880 bits per heavy atom. The summed E-state index contributed by atoms with van der Waals surface area (Å²) < 4.78 is 10.7. The molecule has 0 spiro atoms. The second-order valence-corrected chi connectivity index (χ2v) is 15.5. The molecule has 0 amide bonds. The summed E-state index contributed by atoms with van der Waals surface area (Å²) in [6, 6.07) is 0. The molecule has 0 aromatic heterocycles. The zero-order valence-electron chi connectivity index (χ0n) is 33.9. The number of hydrogen-bond donors (Lipinski definition) is 1. The molecule has 0 radical (unpaired) electrons. The number of hydrogen-bond acceptors (Lipinski definition) is 5. The zero-order chi connectivity index (χ0) is 36.4. The van der Waals surface area contributed by atoms with Crippen LogP contribution in [0.1, 0.15) is 258 Å². The molecule has 1 unspecified atom stereocenters. The van der Waals surface area contributed by atoms with Crippen molar-refractivity contribution >= 4 is 11.9 Å². The van der Waals surface area contributed by atoms with Crippen molar-refractivity contribution in [3.8, 4) is 0 Å². The number of rotatable bonds is 42. The lowest BCUT2D eigenvalue weighted by molar-refractivity contribution is -0.161. The topological polar surface area (TPSA) is 72.8 Å². The van der Waals surface area contributed by atoms with E-state index in [0.29, 0.717) is 12.8 Å². The van der Waals surface area contributed by atoms with Crippen LogP contribution in [0, 0.1) is 0 Å². The Labute approximate surface area is 312 Å². The number of aliphatic hydroxyl groups is 1. The van der Waals surface area contributed by atoms with Gasteiger partial charge in [0.2, 0.25) is 0 Å². The highest BCUT2D eigenvalue weighted by Crippen LogP contribution is 2.17. The van der Waals surface area contributed by atoms with Gasteiger partial charge in [-0.1, -0.05) is 232 Å². The minimum Gasteiger partial charge on any atom is -0.462 e. The van der Waals surface area contributed by atoms with Gasteiger partial charge < -0.3 is 14.6 Å². The summed E-state index contributed by atoms with van der Waals surface area (Å²) in [7, 11) is 0. The third kappa shape index (κ3) is 39.7. The van der Waals surface area contributed by atoms with Crippen molar-refractivity contribution in [2.45, 2.75) is 264 Å². The molecule has 0 aliphatic carbocycles. The van der Waals surface area contributed by atoms with E-state index in [9.17, 15) is 14.7 Å². The minimum atomic E-state index is -0.762. The normalized spacial score (nSPS) is 12.0. The number of esters is 2. The second-order valence-electron chi connectivity index (χ2n) is 15.5. The third-order valence-corrected chi connectivity index (χ3v) is 10.4. The summed E-state index contributed by atoms with van der Waals surface area (Å²) in [4.78, 5) is 24.3. The molecule has 50 heavy (non-hydrogen) atoms. The van der Waals surface area contributed by atoms with Crippen LogP contribution >= 0.6 is 0 Å². The van der Waals surface area contributed by atoms with Crippen molar-refractivity contribution in [1.29, 1.82) is 0 Å². The zero-order valence-corrected chi connectivity index (χ0v) is 33.9. The van der Waals surface area contributed by atoms with Crippen LogP contribution in [-0.2, 0) is 19.1 Å². The van der Waals surface area contributed by atoms with Crippen LogP contribution < -0.4 is 0 Å². The van der Waals surface area contributed by atoms with E-state index in [4.69, 9.17) is 9.47 Å². The predicted octanol–water partition coefficient (Wildman–Crippen LogP) is 14.3. The fourth-order valence-corrected chi connectivity index (χ4v) is 6.97. The summed E-state index contributed by atoms with van der Waals surface area (Å²) in [6.07, 6.45) is 47.5. The number of carbonyl (C=O) groups excluding carboxylic acids is 2. The Morgan fingerprint density at radius 1 is 0.380 bits per heavy atom. The average molecular weight is 709 g/mol. The lowest BCUT2D eigenvalue weighted by Gasteiger charge is -2.15. The molecule has 0 aliphatic heterocycles. The first-order chi connectivity index (χ1) is 24.6. The number of unbranched alkanes of at least 4 members (excludes halogenated alkanes) is 34. The molecular formula is C45H88O5. The molecule has 5 nitrogen and oxygen atoms in total. The Morgan fingerprint density at radius 2 is 0.620 bits per heavy atom. The number of carbonyl (C=O) groups is 2. The highest BCUT2D eigenvalue weighted by Gasteiger charge is 2.16. The molecule has 0 saturated carbocycles. The summed E-state index contributed by atoms with van der Waals surface area (Å²) >= 11 is 0. The molecule has 0 aromatic carbocycles. The fourth-order valence-electron chi connectivity index (χ4n) is 6.97. The highest BCUT2D eigenvalue weighted by molar-refractivity contribution is 5.70. The van der Waals surface area contributed by atoms with Crippen LogP contribution in [0.25, 0.3) is 0 Å². The molecule has 298 valence electrons. The molecule has 0 aliphatic rings. The van der Waals surface area contributed by atoms with E-state index in [1.807, 2.05) is 0 Å². The maximum Gasteiger partial charge on any atom is 0.306 e. The number of ether oxygens (including phenoxy) is 2. The van der Waals surface area contributed by atoms with Crippen LogP contribution in [0.4, 0.5) is 0 Å². The first-order valence-electron chi connectivity index (χ1n) is 22.6. The van der Waals surface area contributed by atoms with E-state index in [1.54, 1.807) is 0 Å². The molecule has 0 aromatic rings. The van der Waals surface area contributed by atoms with Gasteiger partial charge in [0.05, 0.1) is 6.61 Å². The van der Waals surface area contributed by atoms with Gasteiger partial charge in [0.25, 0.3) is 0 Å². The average Bonchev–Trinajstić information content (AvgIpc) is 3.12. The van der Waals surface area contributed by atoms with Gasteiger partial charge in [0.1, 0.15) is 6.61 Å². The van der Waals surface area contributed by atoms with Crippen molar-refractivity contribution < 1.29 is 24.2 Å². The second kappa shape index (κ2) is 42.3. The van der Waals surface area contributed by atoms with E-state index in [1.165, 1.54) is 199 Å². The minimum absolute atomic E-state index is 0.0563. The Balaban J connectivity index is 3.45. The largest absolute Gasteiger partial charge is 0.462 e. The first kappa shape index (κ1) is 48.9. The molecule has 1 atom stereocenters. The van der Waals surface area contributed by atoms with E-state index in [-0.39, 0.29) is 25.2 Å². The molecule has 0 heterocycles. The van der Waals surface area contributed by atoms with Crippen LogP contribution in [-0.4, -0.2) is 36.4 Å². The van der Waals surface area contributed by atoms with Gasteiger partial charge in [-0.15, -0.1) is 0 Å². The maximum atomic E-state index is 12.2. The Hall–Kier alpha value is -1.10. The molecule has 0 fully saturated rings. The summed E-state index contributed by atoms with van der Waals surface area (Å²) in [5.41, 5.74) is 0. The monoisotopic (exact) mass is 709 g/mol. The molecule has 0 rings (SSSR count). The maximum absolute atomic E-state index is 12.2. The third-order valence-electron chi connectivity index (χ3n) is 10.4. The predicted molar refractivity (Wildman–Crippen MR) is 215 cm³/mol. The highest BCUT2D eigenvalue weighted by atomic mass is 16.6. The fraction of sp³-hybridized carbons (Fsp3) is 0.956. The lowest BCUT2D eigenvalue weighted by atomic mass is 10.0. The van der Waals surface area contributed by atoms with Crippen LogP contribution in [0.3, 0.4) is 0 Å². The smallest absolute Gasteiger partial charge is 0.306 e. The van der Waals surface area contributed by atoms with Crippen molar-refractivity contribution in [3.05, 3.63) is 0 Å². The standard InChI is InChI=1S/C45H88O5/c1-3-5-7-9-11-13-15-17-19-21-23-25-27-29-31-33-35-37-39-44(47)49-42-43(41-46)50-45(48)40-38-36-34-32-30-28-26-24-22-20-18-16-14-12-10-8-6-4-2/h43,46H,3-42H2,1-2H3. The summed E-state index contributed by atoms with van der Waals surface area (Å²) in [5, 5.41) is 9.59. The van der Waals surface area contributed by atoms with Crippen molar-refractivity contribution in [2.24, 2.45) is 0 Å². The molecular weight excluding hydrogens is 620 g/mol. The summed E-state index contributed by atoms with van der Waals surface area (Å²) in [5.74, 6) is -0.570. The van der Waals surface area contributed by atoms with E-state index in [0.717, 1.165) is 32.1 Å². The SMILES string of the molecule is CCCCCCCCCCCCCCCCCCCCC(=O)OCC(CO)OC(=O)CCCCCCCCCCCCCCCCCCCC. The van der Waals surface area contributed by atoms with Gasteiger partial charge in [0.15, 0.2) is 6.10 Å². The van der Waals surface area contributed by atoms with E-state index >= 15 is 0 Å². The van der Waals surface area contributed by atoms with Gasteiger partial charge in [-0.2, -0.15) is 0 Å². The van der Waals surface area contributed by atoms with Crippen molar-refractivity contribution in [3.63, 3.8) is 0 Å². The van der Waals surface area contributed by atoms with Gasteiger partial charge in [0, 0.05) is 12.8 Å². The lowest BCUT2D eigenvalue weighted by Crippen LogP contribution is -2.28. The quantitative estimate of drug-likeness (QED) is 0.0505. The van der Waals surface area contributed by atoms with Gasteiger partial charge in [-0.05, 0) is 12.8 Å². The molecule has 1 N–H and O–H groups in total. The number of aliphatic hydroxyl groups excluding tert-OH is 1. The van der Waals surface area contributed by atoms with Crippen LogP contribution in [0.2, 0.25) is 0 Å². The van der Waals surface area contributed by atoms with Gasteiger partial charge in [-0.3, -0.25) is 9.59 Å². The molecule has 0 bridgehead atoms. The Kier molecular flexibility index (Phi) is 41.4. The first-order valence-corrected chi connectivity index (χ1v) is 22.6. The summed E-state index contributed by atoms with van der Waals surface area (Å²) in [6.45, 7) is 4.18. The van der Waals surface area contributed by atoms with Crippen LogP contribution in [0.5, 0.6) is 0 Å².